The molecule has 1 aliphatic carbocycles. The lowest BCUT2D eigenvalue weighted by Gasteiger charge is -2.52. The summed E-state index contributed by atoms with van der Waals surface area (Å²) in [7, 11) is 0. The topological polar surface area (TPSA) is 68.3 Å². The number of nitrogens with zero attached hydrogens (tertiary/aromatic N) is 2. The first-order valence-electron chi connectivity index (χ1n) is 12.6. The van der Waals surface area contributed by atoms with Crippen molar-refractivity contribution < 1.29 is 28.2 Å². The van der Waals surface area contributed by atoms with E-state index in [4.69, 9.17) is 14.2 Å². The first-order chi connectivity index (χ1) is 16.3. The highest BCUT2D eigenvalue weighted by molar-refractivity contribution is 5.94. The zero-order valence-electron chi connectivity index (χ0n) is 20.4. The van der Waals surface area contributed by atoms with E-state index in [1.54, 1.807) is 11.0 Å². The Morgan fingerprint density at radius 1 is 1.12 bits per heavy atom. The second kappa shape index (κ2) is 10.9. The molecule has 0 unspecified atom stereocenters. The summed E-state index contributed by atoms with van der Waals surface area (Å²) in [6.07, 6.45) is 6.29. The summed E-state index contributed by atoms with van der Waals surface area (Å²) in [5.74, 6) is 0.317. The van der Waals surface area contributed by atoms with Gasteiger partial charge in [0, 0.05) is 32.2 Å². The van der Waals surface area contributed by atoms with E-state index in [0.717, 1.165) is 38.8 Å². The Balaban J connectivity index is 1.13. The number of halogens is 1. The van der Waals surface area contributed by atoms with Crippen molar-refractivity contribution >= 4 is 12.0 Å². The van der Waals surface area contributed by atoms with Gasteiger partial charge in [0.2, 0.25) is 0 Å². The second-order valence-electron chi connectivity index (χ2n) is 10.2. The molecule has 8 heteroatoms. The van der Waals surface area contributed by atoms with Gasteiger partial charge in [-0.15, -0.1) is 0 Å². The molecule has 2 amide bonds. The van der Waals surface area contributed by atoms with E-state index in [0.29, 0.717) is 50.0 Å². The molecule has 1 aromatic rings. The summed E-state index contributed by atoms with van der Waals surface area (Å²) in [4.78, 5) is 28.0. The molecule has 1 saturated carbocycles. The standard InChI is InChI=1S/C26H37FN2O5/c1-19(2)34-25(31)29-9-7-26(8-10-29)17-20(18-26)4-3-13-33-21-5-6-22(23(27)16-21)24(30)28-11-14-32-15-12-28/h5-6,16,19-20H,3-4,7-15,17-18H2,1-2H3. The van der Waals surface area contributed by atoms with E-state index in [2.05, 4.69) is 0 Å². The van der Waals surface area contributed by atoms with Crippen molar-refractivity contribution in [1.82, 2.24) is 9.80 Å². The zero-order valence-corrected chi connectivity index (χ0v) is 20.4. The number of benzene rings is 1. The fraction of sp³-hybridized carbons (Fsp3) is 0.692. The first-order valence-corrected chi connectivity index (χ1v) is 12.6. The monoisotopic (exact) mass is 476 g/mol. The Morgan fingerprint density at radius 2 is 1.82 bits per heavy atom. The van der Waals surface area contributed by atoms with Crippen molar-refractivity contribution in [3.05, 3.63) is 29.6 Å². The van der Waals surface area contributed by atoms with Gasteiger partial charge in [-0.3, -0.25) is 4.79 Å². The third-order valence-corrected chi connectivity index (χ3v) is 7.36. The van der Waals surface area contributed by atoms with Crippen LogP contribution in [-0.2, 0) is 9.47 Å². The van der Waals surface area contributed by atoms with Gasteiger partial charge in [0.05, 0.1) is 31.5 Å². The van der Waals surface area contributed by atoms with E-state index in [9.17, 15) is 14.0 Å². The maximum Gasteiger partial charge on any atom is 0.410 e. The molecule has 2 heterocycles. The zero-order chi connectivity index (χ0) is 24.1. The number of piperidine rings is 1. The summed E-state index contributed by atoms with van der Waals surface area (Å²) in [6.45, 7) is 7.82. The van der Waals surface area contributed by atoms with Crippen LogP contribution < -0.4 is 4.74 Å². The number of carbonyl (C=O) groups excluding carboxylic acids is 2. The smallest absolute Gasteiger partial charge is 0.410 e. The Kier molecular flexibility index (Phi) is 7.96. The van der Waals surface area contributed by atoms with Crippen LogP contribution in [0.15, 0.2) is 18.2 Å². The lowest BCUT2D eigenvalue weighted by molar-refractivity contribution is -0.0203. The third-order valence-electron chi connectivity index (χ3n) is 7.36. The molecular formula is C26H37FN2O5. The molecule has 1 aromatic carbocycles. The lowest BCUT2D eigenvalue weighted by Crippen LogP contribution is -2.49. The number of likely N-dealkylation sites (tertiary alicyclic amines) is 1. The molecule has 7 nitrogen and oxygen atoms in total. The summed E-state index contributed by atoms with van der Waals surface area (Å²) in [5, 5.41) is 0. The third kappa shape index (κ3) is 6.01. The number of hydrogen-bond acceptors (Lipinski definition) is 5. The summed E-state index contributed by atoms with van der Waals surface area (Å²) < 4.78 is 30.8. The summed E-state index contributed by atoms with van der Waals surface area (Å²) in [5.41, 5.74) is 0.476. The number of carbonyl (C=O) groups is 2. The number of rotatable bonds is 7. The maximum atomic E-state index is 14.5. The second-order valence-corrected chi connectivity index (χ2v) is 10.2. The van der Waals surface area contributed by atoms with Gasteiger partial charge in [-0.25, -0.2) is 9.18 Å². The average Bonchev–Trinajstić information content (AvgIpc) is 2.81. The number of morpholine rings is 1. The first kappa shape index (κ1) is 24.8. The van der Waals surface area contributed by atoms with E-state index in [1.165, 1.54) is 25.0 Å². The predicted octanol–water partition coefficient (Wildman–Crippen LogP) is 4.49. The van der Waals surface area contributed by atoms with Gasteiger partial charge < -0.3 is 24.0 Å². The van der Waals surface area contributed by atoms with Gasteiger partial charge >= 0.3 is 6.09 Å². The van der Waals surface area contributed by atoms with E-state index >= 15 is 0 Å². The predicted molar refractivity (Wildman–Crippen MR) is 125 cm³/mol. The average molecular weight is 477 g/mol. The fourth-order valence-corrected chi connectivity index (χ4v) is 5.48. The molecule has 188 valence electrons. The minimum absolute atomic E-state index is 0.0781. The van der Waals surface area contributed by atoms with Crippen LogP contribution in [0.4, 0.5) is 9.18 Å². The number of ether oxygens (including phenoxy) is 3. The molecule has 0 atom stereocenters. The molecule has 4 rings (SSSR count). The van der Waals surface area contributed by atoms with Crippen LogP contribution in [0.2, 0.25) is 0 Å². The SMILES string of the molecule is CC(C)OC(=O)N1CCC2(CC1)CC(CCCOc1ccc(C(=O)N3CCOCC3)c(F)c1)C2. The minimum atomic E-state index is -0.543. The van der Waals surface area contributed by atoms with Crippen LogP contribution in [0, 0.1) is 17.2 Å². The van der Waals surface area contributed by atoms with Crippen LogP contribution in [0.5, 0.6) is 5.75 Å². The van der Waals surface area contributed by atoms with Gasteiger partial charge in [0.15, 0.2) is 0 Å². The van der Waals surface area contributed by atoms with Crippen molar-refractivity contribution in [3.8, 4) is 5.75 Å². The largest absolute Gasteiger partial charge is 0.493 e. The van der Waals surface area contributed by atoms with Gasteiger partial charge in [-0.05, 0) is 75.8 Å². The van der Waals surface area contributed by atoms with E-state index in [1.807, 2.05) is 18.7 Å². The highest BCUT2D eigenvalue weighted by Gasteiger charge is 2.46. The van der Waals surface area contributed by atoms with Gasteiger partial charge in [0.1, 0.15) is 11.6 Å². The molecule has 3 aliphatic rings. The van der Waals surface area contributed by atoms with E-state index in [-0.39, 0.29) is 23.7 Å². The summed E-state index contributed by atoms with van der Waals surface area (Å²) in [6, 6.07) is 4.50. The maximum absolute atomic E-state index is 14.5. The Hall–Kier alpha value is -2.35. The molecule has 34 heavy (non-hydrogen) atoms. The molecule has 0 aromatic heterocycles. The molecule has 0 bridgehead atoms. The highest BCUT2D eigenvalue weighted by atomic mass is 19.1. The minimum Gasteiger partial charge on any atom is -0.493 e. The molecule has 0 radical (unpaired) electrons. The molecule has 3 fully saturated rings. The fourth-order valence-electron chi connectivity index (χ4n) is 5.48. The van der Waals surface area contributed by atoms with E-state index < -0.39 is 5.82 Å². The van der Waals surface area contributed by atoms with Crippen molar-refractivity contribution in [2.45, 2.75) is 58.5 Å². The van der Waals surface area contributed by atoms with Crippen molar-refractivity contribution in [1.29, 1.82) is 0 Å². The summed E-state index contributed by atoms with van der Waals surface area (Å²) >= 11 is 0. The van der Waals surface area contributed by atoms with Crippen LogP contribution >= 0.6 is 0 Å². The Labute approximate surface area is 201 Å². The highest BCUT2D eigenvalue weighted by Crippen LogP contribution is 2.54. The molecule has 1 spiro atoms. The normalized spacial score (nSPS) is 20.4. The molecular weight excluding hydrogens is 439 g/mol. The van der Waals surface area contributed by atoms with Crippen molar-refractivity contribution in [2.75, 3.05) is 46.0 Å². The molecule has 0 N–H and O–H groups in total. The molecule has 2 aliphatic heterocycles. The van der Waals surface area contributed by atoms with Gasteiger partial charge in [0.25, 0.3) is 5.91 Å². The quantitative estimate of drug-likeness (QED) is 0.543. The molecule has 2 saturated heterocycles. The van der Waals surface area contributed by atoms with Crippen LogP contribution in [0.1, 0.15) is 62.7 Å². The van der Waals surface area contributed by atoms with Crippen LogP contribution in [-0.4, -0.2) is 73.9 Å². The van der Waals surface area contributed by atoms with Crippen LogP contribution in [0.25, 0.3) is 0 Å². The Bertz CT molecular complexity index is 855. The van der Waals surface area contributed by atoms with Crippen LogP contribution in [0.3, 0.4) is 0 Å². The number of amides is 2. The van der Waals surface area contributed by atoms with Gasteiger partial charge in [-0.2, -0.15) is 0 Å². The Morgan fingerprint density at radius 3 is 2.47 bits per heavy atom. The number of hydrogen-bond donors (Lipinski definition) is 0. The van der Waals surface area contributed by atoms with Crippen molar-refractivity contribution in [2.24, 2.45) is 11.3 Å². The van der Waals surface area contributed by atoms with Crippen molar-refractivity contribution in [3.63, 3.8) is 0 Å². The van der Waals surface area contributed by atoms with Gasteiger partial charge in [-0.1, -0.05) is 0 Å². The lowest BCUT2D eigenvalue weighted by atomic mass is 9.56.